The number of hydrogen-bond acceptors (Lipinski definition) is 4. The lowest BCUT2D eigenvalue weighted by atomic mass is 10.2. The van der Waals surface area contributed by atoms with Gasteiger partial charge in [0.05, 0.1) is 18.6 Å². The molecule has 0 aliphatic carbocycles. The van der Waals surface area contributed by atoms with E-state index in [1.807, 2.05) is 39.9 Å². The number of hydrogen-bond donors (Lipinski definition) is 0. The summed E-state index contributed by atoms with van der Waals surface area (Å²) in [6.07, 6.45) is 8.38. The van der Waals surface area contributed by atoms with Crippen molar-refractivity contribution in [2.24, 2.45) is 0 Å². The monoisotopic (exact) mass is 345 g/mol. The van der Waals surface area contributed by atoms with E-state index in [0.717, 1.165) is 42.5 Å². The molecule has 1 aliphatic rings. The van der Waals surface area contributed by atoms with Crippen molar-refractivity contribution in [2.45, 2.75) is 30.8 Å². The van der Waals surface area contributed by atoms with Crippen LogP contribution in [0.15, 0.2) is 41.8 Å². The van der Waals surface area contributed by atoms with Gasteiger partial charge in [0.15, 0.2) is 5.16 Å². The summed E-state index contributed by atoms with van der Waals surface area (Å²) in [5.41, 5.74) is 0.983. The molecule has 24 heavy (non-hydrogen) atoms. The van der Waals surface area contributed by atoms with E-state index >= 15 is 0 Å². The summed E-state index contributed by atoms with van der Waals surface area (Å²) in [6, 6.07) is 7.83. The maximum Gasteiger partial charge on any atom is 0.233 e. The fourth-order valence-electron chi connectivity index (χ4n) is 2.89. The summed E-state index contributed by atoms with van der Waals surface area (Å²) in [6.45, 7) is 1.79. The summed E-state index contributed by atoms with van der Waals surface area (Å²) in [7, 11) is 1.66. The Morgan fingerprint density at radius 2 is 2.04 bits per heavy atom. The third kappa shape index (κ3) is 4.12. The average molecular weight is 345 g/mol. The fourth-order valence-corrected chi connectivity index (χ4v) is 3.77. The highest BCUT2D eigenvalue weighted by molar-refractivity contribution is 7.99. The Kier molecular flexibility index (Phi) is 5.80. The Labute approximate surface area is 147 Å². The number of ether oxygens (including phenoxy) is 1. The number of amides is 1. The quantitative estimate of drug-likeness (QED) is 0.780. The molecule has 128 valence electrons. The van der Waals surface area contributed by atoms with Crippen LogP contribution in [0.25, 0.3) is 5.69 Å². The van der Waals surface area contributed by atoms with Gasteiger partial charge in [0.1, 0.15) is 5.75 Å². The SMILES string of the molecule is COc1cccc(-n2ccnc2SCC(=O)N2CCCCCC2)c1. The van der Waals surface area contributed by atoms with Crippen molar-refractivity contribution < 1.29 is 9.53 Å². The summed E-state index contributed by atoms with van der Waals surface area (Å²) >= 11 is 1.49. The maximum absolute atomic E-state index is 12.4. The zero-order valence-electron chi connectivity index (χ0n) is 14.0. The van der Waals surface area contributed by atoms with Gasteiger partial charge in [-0.15, -0.1) is 0 Å². The van der Waals surface area contributed by atoms with Gasteiger partial charge in [0.2, 0.25) is 5.91 Å². The van der Waals surface area contributed by atoms with Crippen molar-refractivity contribution >= 4 is 17.7 Å². The van der Waals surface area contributed by atoms with Gasteiger partial charge in [-0.2, -0.15) is 0 Å². The molecule has 1 aliphatic heterocycles. The number of carbonyl (C=O) groups is 1. The predicted molar refractivity (Wildman–Crippen MR) is 95.9 cm³/mol. The van der Waals surface area contributed by atoms with Gasteiger partial charge in [0, 0.05) is 31.5 Å². The Hall–Kier alpha value is -1.95. The number of benzene rings is 1. The number of rotatable bonds is 5. The molecule has 3 rings (SSSR count). The molecule has 2 aromatic rings. The zero-order valence-corrected chi connectivity index (χ0v) is 14.8. The molecule has 1 saturated heterocycles. The molecular weight excluding hydrogens is 322 g/mol. The molecular formula is C18H23N3O2S. The third-order valence-electron chi connectivity index (χ3n) is 4.22. The summed E-state index contributed by atoms with van der Waals surface area (Å²) in [5.74, 6) is 1.45. The summed E-state index contributed by atoms with van der Waals surface area (Å²) < 4.78 is 7.27. The van der Waals surface area contributed by atoms with Crippen LogP contribution in [-0.2, 0) is 4.79 Å². The van der Waals surface area contributed by atoms with Crippen LogP contribution in [-0.4, -0.2) is 46.3 Å². The number of thioether (sulfide) groups is 1. The Morgan fingerprint density at radius 1 is 1.25 bits per heavy atom. The second kappa shape index (κ2) is 8.24. The molecule has 6 heteroatoms. The number of nitrogens with zero attached hydrogens (tertiary/aromatic N) is 3. The van der Waals surface area contributed by atoms with Crippen LogP contribution < -0.4 is 4.74 Å². The Bertz CT molecular complexity index is 678. The topological polar surface area (TPSA) is 47.4 Å². The molecule has 1 aromatic carbocycles. The van der Waals surface area contributed by atoms with E-state index in [-0.39, 0.29) is 5.91 Å². The first-order valence-corrected chi connectivity index (χ1v) is 9.35. The van der Waals surface area contributed by atoms with E-state index in [1.54, 1.807) is 13.3 Å². The fraction of sp³-hybridized carbons (Fsp3) is 0.444. The second-order valence-corrected chi connectivity index (χ2v) is 6.81. The van der Waals surface area contributed by atoms with Gasteiger partial charge >= 0.3 is 0 Å². The number of carbonyl (C=O) groups excluding carboxylic acids is 1. The number of imidazole rings is 1. The highest BCUT2D eigenvalue weighted by Crippen LogP contribution is 2.23. The van der Waals surface area contributed by atoms with Crippen LogP contribution in [0.5, 0.6) is 5.75 Å². The van der Waals surface area contributed by atoms with Gasteiger partial charge in [-0.1, -0.05) is 30.7 Å². The predicted octanol–water partition coefficient (Wildman–Crippen LogP) is 3.38. The van der Waals surface area contributed by atoms with Gasteiger partial charge in [-0.25, -0.2) is 4.98 Å². The molecule has 0 saturated carbocycles. The average Bonchev–Trinajstić information content (AvgIpc) is 2.92. The van der Waals surface area contributed by atoms with Crippen LogP contribution in [0.1, 0.15) is 25.7 Å². The second-order valence-electron chi connectivity index (χ2n) is 5.86. The van der Waals surface area contributed by atoms with E-state index in [4.69, 9.17) is 4.74 Å². The van der Waals surface area contributed by atoms with Crippen molar-refractivity contribution in [3.8, 4) is 11.4 Å². The van der Waals surface area contributed by atoms with E-state index < -0.39 is 0 Å². The highest BCUT2D eigenvalue weighted by atomic mass is 32.2. The first-order chi connectivity index (χ1) is 11.8. The van der Waals surface area contributed by atoms with Gasteiger partial charge in [-0.3, -0.25) is 9.36 Å². The van der Waals surface area contributed by atoms with E-state index in [1.165, 1.54) is 24.6 Å². The standard InChI is InChI=1S/C18H23N3O2S/c1-23-16-8-6-7-15(13-16)21-12-9-19-18(21)24-14-17(22)20-10-4-2-3-5-11-20/h6-9,12-13H,2-5,10-11,14H2,1H3. The van der Waals surface area contributed by atoms with Crippen LogP contribution >= 0.6 is 11.8 Å². The lowest BCUT2D eigenvalue weighted by Crippen LogP contribution is -2.33. The van der Waals surface area contributed by atoms with Gasteiger partial charge in [0.25, 0.3) is 0 Å². The first kappa shape index (κ1) is 16.9. The summed E-state index contributed by atoms with van der Waals surface area (Å²) in [4.78, 5) is 18.8. The molecule has 1 aromatic heterocycles. The molecule has 0 radical (unpaired) electrons. The largest absolute Gasteiger partial charge is 0.497 e. The van der Waals surface area contributed by atoms with Crippen molar-refractivity contribution in [2.75, 3.05) is 26.0 Å². The smallest absolute Gasteiger partial charge is 0.233 e. The van der Waals surface area contributed by atoms with E-state index in [0.29, 0.717) is 5.75 Å². The molecule has 5 nitrogen and oxygen atoms in total. The molecule has 1 amide bonds. The minimum atomic E-state index is 0.210. The normalized spacial score (nSPS) is 15.1. The van der Waals surface area contributed by atoms with E-state index in [9.17, 15) is 4.79 Å². The zero-order chi connectivity index (χ0) is 16.8. The maximum atomic E-state index is 12.4. The Balaban J connectivity index is 1.66. The van der Waals surface area contributed by atoms with Crippen molar-refractivity contribution in [1.29, 1.82) is 0 Å². The highest BCUT2D eigenvalue weighted by Gasteiger charge is 2.17. The lowest BCUT2D eigenvalue weighted by molar-refractivity contribution is -0.128. The van der Waals surface area contributed by atoms with Gasteiger partial charge < -0.3 is 9.64 Å². The van der Waals surface area contributed by atoms with Crippen LogP contribution in [0.2, 0.25) is 0 Å². The van der Waals surface area contributed by atoms with Crippen molar-refractivity contribution in [3.05, 3.63) is 36.7 Å². The number of methoxy groups -OCH3 is 1. The first-order valence-electron chi connectivity index (χ1n) is 8.36. The number of aromatic nitrogens is 2. The molecule has 0 bridgehead atoms. The summed E-state index contributed by atoms with van der Waals surface area (Å²) in [5, 5.41) is 0.825. The van der Waals surface area contributed by atoms with Crippen molar-refractivity contribution in [1.82, 2.24) is 14.5 Å². The number of likely N-dealkylation sites (tertiary alicyclic amines) is 1. The molecule has 2 heterocycles. The van der Waals surface area contributed by atoms with Crippen LogP contribution in [0, 0.1) is 0 Å². The molecule has 1 fully saturated rings. The van der Waals surface area contributed by atoms with Gasteiger partial charge in [-0.05, 0) is 25.0 Å². The van der Waals surface area contributed by atoms with Crippen molar-refractivity contribution in [3.63, 3.8) is 0 Å². The lowest BCUT2D eigenvalue weighted by Gasteiger charge is -2.20. The molecule has 0 atom stereocenters. The minimum Gasteiger partial charge on any atom is -0.497 e. The third-order valence-corrected chi connectivity index (χ3v) is 5.17. The molecule has 0 N–H and O–H groups in total. The molecule has 0 spiro atoms. The molecule has 0 unspecified atom stereocenters. The van der Waals surface area contributed by atoms with Crippen LogP contribution in [0.3, 0.4) is 0 Å². The minimum absolute atomic E-state index is 0.210. The Morgan fingerprint density at radius 3 is 2.79 bits per heavy atom. The van der Waals surface area contributed by atoms with E-state index in [2.05, 4.69) is 4.98 Å². The van der Waals surface area contributed by atoms with Crippen LogP contribution in [0.4, 0.5) is 0 Å².